The van der Waals surface area contributed by atoms with Gasteiger partial charge in [0.15, 0.2) is 0 Å². The fraction of sp³-hybridized carbons (Fsp3) is 0.316. The summed E-state index contributed by atoms with van der Waals surface area (Å²) in [6.45, 7) is 3.42. The van der Waals surface area contributed by atoms with Crippen LogP contribution in [0.25, 0.3) is 0 Å². The normalized spacial score (nSPS) is 16.2. The van der Waals surface area contributed by atoms with Gasteiger partial charge in [-0.05, 0) is 51.1 Å². The summed E-state index contributed by atoms with van der Waals surface area (Å²) in [6.07, 6.45) is 1.63. The van der Waals surface area contributed by atoms with Gasteiger partial charge in [-0.25, -0.2) is 0 Å². The molecule has 23 heavy (non-hydrogen) atoms. The Hall–Kier alpha value is -1.84. The van der Waals surface area contributed by atoms with Crippen LogP contribution < -0.4 is 10.1 Å². The smallest absolute Gasteiger partial charge is 0.140 e. The number of nitrogens with one attached hydrogen (secondary N) is 1. The van der Waals surface area contributed by atoms with E-state index in [-0.39, 0.29) is 18.2 Å². The Morgan fingerprint density at radius 3 is 2.26 bits per heavy atom. The van der Waals surface area contributed by atoms with Crippen LogP contribution in [-0.2, 0) is 10.2 Å². The molecular weight excluding hydrogens is 310 g/mol. The van der Waals surface area contributed by atoms with E-state index in [1.165, 1.54) is 0 Å². The number of Topliss-reactive ketones (excluding diaryl/α,β-unsaturated/α-hetero) is 1. The summed E-state index contributed by atoms with van der Waals surface area (Å²) in [4.78, 5) is 12.4. The second-order valence-corrected chi connectivity index (χ2v) is 5.80. The molecule has 1 heterocycles. The number of halogens is 1. The highest BCUT2D eigenvalue weighted by Gasteiger charge is 2.40. The predicted octanol–water partition coefficient (Wildman–Crippen LogP) is 4.11. The van der Waals surface area contributed by atoms with Gasteiger partial charge in [0.25, 0.3) is 0 Å². The first-order valence-electron chi connectivity index (χ1n) is 7.76. The Bertz CT molecular complexity index is 651. The van der Waals surface area contributed by atoms with Crippen molar-refractivity contribution >= 4 is 18.2 Å². The van der Waals surface area contributed by atoms with Crippen LogP contribution >= 0.6 is 12.4 Å². The molecule has 122 valence electrons. The molecule has 1 fully saturated rings. The monoisotopic (exact) mass is 331 g/mol. The number of rotatable bonds is 4. The summed E-state index contributed by atoms with van der Waals surface area (Å²) in [5, 5.41) is 3.34. The lowest BCUT2D eigenvalue weighted by Gasteiger charge is -2.36. The van der Waals surface area contributed by atoms with Gasteiger partial charge < -0.3 is 10.1 Å². The van der Waals surface area contributed by atoms with E-state index in [1.807, 2.05) is 54.6 Å². The quantitative estimate of drug-likeness (QED) is 0.916. The largest absolute Gasteiger partial charge is 0.457 e. The minimum absolute atomic E-state index is 0. The standard InChI is InChI=1S/C19H21NO2.ClH/c1-15(21)19(11-13-20-14-12-19)17-9-5-6-10-18(17)22-16-7-3-2-4-8-16;/h2-10,20H,11-14H2,1H3;1H. The number of benzene rings is 2. The molecule has 1 aliphatic rings. The van der Waals surface area contributed by atoms with Gasteiger partial charge in [-0.2, -0.15) is 0 Å². The van der Waals surface area contributed by atoms with E-state index in [0.29, 0.717) is 0 Å². The maximum Gasteiger partial charge on any atom is 0.140 e. The molecule has 2 aromatic rings. The predicted molar refractivity (Wildman–Crippen MR) is 94.7 cm³/mol. The topological polar surface area (TPSA) is 38.3 Å². The summed E-state index contributed by atoms with van der Waals surface area (Å²) >= 11 is 0. The van der Waals surface area contributed by atoms with Crippen LogP contribution in [0.15, 0.2) is 54.6 Å². The lowest BCUT2D eigenvalue weighted by Crippen LogP contribution is -2.44. The molecule has 0 spiro atoms. The van der Waals surface area contributed by atoms with E-state index in [1.54, 1.807) is 6.92 Å². The zero-order chi connectivity index (χ0) is 15.4. The average molecular weight is 332 g/mol. The Kier molecular flexibility index (Phi) is 5.80. The summed E-state index contributed by atoms with van der Waals surface area (Å²) in [6, 6.07) is 17.6. The third-order valence-corrected chi connectivity index (χ3v) is 4.50. The Labute approximate surface area is 143 Å². The number of hydrogen-bond donors (Lipinski definition) is 1. The highest BCUT2D eigenvalue weighted by Crippen LogP contribution is 2.41. The van der Waals surface area contributed by atoms with E-state index in [0.717, 1.165) is 43.0 Å². The van der Waals surface area contributed by atoms with Crippen LogP contribution in [0, 0.1) is 0 Å². The van der Waals surface area contributed by atoms with Crippen molar-refractivity contribution in [3.63, 3.8) is 0 Å². The van der Waals surface area contributed by atoms with E-state index >= 15 is 0 Å². The molecule has 0 unspecified atom stereocenters. The average Bonchev–Trinajstić information content (AvgIpc) is 2.57. The summed E-state index contributed by atoms with van der Waals surface area (Å²) in [5.74, 6) is 1.80. The Morgan fingerprint density at radius 1 is 1.00 bits per heavy atom. The fourth-order valence-electron chi connectivity index (χ4n) is 3.23. The molecule has 0 aliphatic carbocycles. The van der Waals surface area contributed by atoms with Crippen LogP contribution in [0.5, 0.6) is 11.5 Å². The van der Waals surface area contributed by atoms with Gasteiger partial charge in [-0.3, -0.25) is 4.79 Å². The zero-order valence-corrected chi connectivity index (χ0v) is 14.1. The first kappa shape index (κ1) is 17.5. The number of carbonyl (C=O) groups excluding carboxylic acids is 1. The molecule has 1 N–H and O–H groups in total. The van der Waals surface area contributed by atoms with Crippen molar-refractivity contribution in [1.29, 1.82) is 0 Å². The molecule has 2 aromatic carbocycles. The highest BCUT2D eigenvalue weighted by molar-refractivity contribution is 5.89. The maximum absolute atomic E-state index is 12.4. The van der Waals surface area contributed by atoms with E-state index < -0.39 is 5.41 Å². The van der Waals surface area contributed by atoms with E-state index in [4.69, 9.17) is 4.74 Å². The molecule has 1 saturated heterocycles. The number of para-hydroxylation sites is 2. The van der Waals surface area contributed by atoms with Crippen molar-refractivity contribution in [3.05, 3.63) is 60.2 Å². The van der Waals surface area contributed by atoms with Crippen molar-refractivity contribution in [2.45, 2.75) is 25.2 Å². The van der Waals surface area contributed by atoms with Crippen LogP contribution in [0.3, 0.4) is 0 Å². The number of carbonyl (C=O) groups is 1. The van der Waals surface area contributed by atoms with Crippen LogP contribution in [0.4, 0.5) is 0 Å². The van der Waals surface area contributed by atoms with Crippen molar-refractivity contribution in [1.82, 2.24) is 5.32 Å². The second-order valence-electron chi connectivity index (χ2n) is 5.80. The molecule has 0 bridgehead atoms. The van der Waals surface area contributed by atoms with Gasteiger partial charge in [0.1, 0.15) is 17.3 Å². The van der Waals surface area contributed by atoms with Gasteiger partial charge in [0.2, 0.25) is 0 Å². The minimum Gasteiger partial charge on any atom is -0.457 e. The summed E-state index contributed by atoms with van der Waals surface area (Å²) < 4.78 is 6.07. The molecule has 0 saturated carbocycles. The van der Waals surface area contributed by atoms with Gasteiger partial charge >= 0.3 is 0 Å². The van der Waals surface area contributed by atoms with Crippen molar-refractivity contribution < 1.29 is 9.53 Å². The lowest BCUT2D eigenvalue weighted by atomic mass is 9.70. The lowest BCUT2D eigenvalue weighted by molar-refractivity contribution is -0.123. The third-order valence-electron chi connectivity index (χ3n) is 4.50. The second kappa shape index (κ2) is 7.62. The maximum atomic E-state index is 12.4. The molecule has 0 amide bonds. The highest BCUT2D eigenvalue weighted by atomic mass is 35.5. The number of ketones is 1. The third kappa shape index (κ3) is 3.57. The first-order chi connectivity index (χ1) is 10.7. The van der Waals surface area contributed by atoms with Crippen molar-refractivity contribution in [2.24, 2.45) is 0 Å². The van der Waals surface area contributed by atoms with Gasteiger partial charge in [0.05, 0.1) is 5.41 Å². The minimum atomic E-state index is -0.434. The summed E-state index contributed by atoms with van der Waals surface area (Å²) in [5.41, 5.74) is 0.573. The molecule has 4 heteroatoms. The van der Waals surface area contributed by atoms with E-state index in [2.05, 4.69) is 5.32 Å². The molecule has 3 nitrogen and oxygen atoms in total. The number of piperidine rings is 1. The van der Waals surface area contributed by atoms with Crippen molar-refractivity contribution in [2.75, 3.05) is 13.1 Å². The molecule has 0 radical (unpaired) electrons. The zero-order valence-electron chi connectivity index (χ0n) is 13.2. The molecular formula is C19H22ClNO2. The van der Waals surface area contributed by atoms with Crippen LogP contribution in [0.2, 0.25) is 0 Å². The van der Waals surface area contributed by atoms with E-state index in [9.17, 15) is 4.79 Å². The Balaban J connectivity index is 0.00000192. The molecule has 3 rings (SSSR count). The Morgan fingerprint density at radius 2 is 1.61 bits per heavy atom. The van der Waals surface area contributed by atoms with Gasteiger partial charge in [0, 0.05) is 5.56 Å². The van der Waals surface area contributed by atoms with Crippen molar-refractivity contribution in [3.8, 4) is 11.5 Å². The van der Waals surface area contributed by atoms with Gasteiger partial charge in [-0.15, -0.1) is 12.4 Å². The number of hydrogen-bond acceptors (Lipinski definition) is 3. The van der Waals surface area contributed by atoms with Crippen LogP contribution in [0.1, 0.15) is 25.3 Å². The first-order valence-corrected chi connectivity index (χ1v) is 7.76. The SMILES string of the molecule is CC(=O)C1(c2ccccc2Oc2ccccc2)CCNCC1.Cl. The molecule has 0 atom stereocenters. The number of ether oxygens (including phenoxy) is 1. The summed E-state index contributed by atoms with van der Waals surface area (Å²) in [7, 11) is 0. The van der Waals surface area contributed by atoms with Gasteiger partial charge in [-0.1, -0.05) is 36.4 Å². The molecule has 1 aliphatic heterocycles. The fourth-order valence-corrected chi connectivity index (χ4v) is 3.23. The van der Waals surface area contributed by atoms with Crippen LogP contribution in [-0.4, -0.2) is 18.9 Å². The molecule has 0 aromatic heterocycles.